The van der Waals surface area contributed by atoms with Crippen LogP contribution in [0.15, 0.2) is 0 Å². The van der Waals surface area contributed by atoms with Crippen molar-refractivity contribution < 1.29 is 24.2 Å². The van der Waals surface area contributed by atoms with Crippen LogP contribution in [0.4, 0.5) is 0 Å². The lowest BCUT2D eigenvalue weighted by molar-refractivity contribution is -0.161. The summed E-state index contributed by atoms with van der Waals surface area (Å²) >= 11 is 0. The third kappa shape index (κ3) is 12.3. The standard InChI is InChI=1S/C19H36O5/c1-3-23-18(21)17(19(22)24-4-2)15-13-11-9-7-5-6-8-10-12-14-16-20/h17,20H,3-16H2,1-2H3. The van der Waals surface area contributed by atoms with Crippen molar-refractivity contribution in [3.63, 3.8) is 0 Å². The Morgan fingerprint density at radius 3 is 1.46 bits per heavy atom. The summed E-state index contributed by atoms with van der Waals surface area (Å²) in [4.78, 5) is 23.7. The van der Waals surface area contributed by atoms with Crippen molar-refractivity contribution in [1.82, 2.24) is 0 Å². The van der Waals surface area contributed by atoms with Crippen LogP contribution in [0.5, 0.6) is 0 Å². The highest BCUT2D eigenvalue weighted by Crippen LogP contribution is 2.16. The summed E-state index contributed by atoms with van der Waals surface area (Å²) in [6, 6.07) is 0. The third-order valence-corrected chi connectivity index (χ3v) is 4.04. The third-order valence-electron chi connectivity index (χ3n) is 4.04. The highest BCUT2D eigenvalue weighted by Gasteiger charge is 2.28. The molecule has 5 nitrogen and oxygen atoms in total. The van der Waals surface area contributed by atoms with Gasteiger partial charge in [0.15, 0.2) is 5.92 Å². The Morgan fingerprint density at radius 2 is 1.08 bits per heavy atom. The van der Waals surface area contributed by atoms with E-state index in [4.69, 9.17) is 14.6 Å². The van der Waals surface area contributed by atoms with Crippen LogP contribution in [0, 0.1) is 5.92 Å². The first-order chi connectivity index (χ1) is 11.7. The molecular weight excluding hydrogens is 308 g/mol. The molecule has 0 saturated carbocycles. The molecule has 0 spiro atoms. The van der Waals surface area contributed by atoms with Crippen molar-refractivity contribution >= 4 is 11.9 Å². The molecule has 0 radical (unpaired) electrons. The summed E-state index contributed by atoms with van der Waals surface area (Å²) in [5.41, 5.74) is 0. The van der Waals surface area contributed by atoms with Gasteiger partial charge in [-0.25, -0.2) is 0 Å². The van der Waals surface area contributed by atoms with Crippen molar-refractivity contribution in [2.24, 2.45) is 5.92 Å². The topological polar surface area (TPSA) is 72.8 Å². The summed E-state index contributed by atoms with van der Waals surface area (Å²) < 4.78 is 9.93. The first-order valence-corrected chi connectivity index (χ1v) is 9.61. The van der Waals surface area contributed by atoms with Gasteiger partial charge >= 0.3 is 11.9 Å². The van der Waals surface area contributed by atoms with Gasteiger partial charge in [-0.1, -0.05) is 57.8 Å². The summed E-state index contributed by atoms with van der Waals surface area (Å²) in [5, 5.41) is 8.70. The Balaban J connectivity index is 3.72. The van der Waals surface area contributed by atoms with E-state index < -0.39 is 17.9 Å². The molecule has 0 unspecified atom stereocenters. The van der Waals surface area contributed by atoms with Crippen molar-refractivity contribution in [3.05, 3.63) is 0 Å². The molecule has 0 aliphatic rings. The van der Waals surface area contributed by atoms with Gasteiger partial charge in [-0.3, -0.25) is 9.59 Å². The average molecular weight is 344 g/mol. The molecule has 0 amide bonds. The minimum absolute atomic E-state index is 0.285. The maximum atomic E-state index is 11.8. The Bertz CT molecular complexity index is 299. The molecule has 0 atom stereocenters. The second-order valence-corrected chi connectivity index (χ2v) is 6.10. The number of carbonyl (C=O) groups excluding carboxylic acids is 2. The van der Waals surface area contributed by atoms with E-state index in [-0.39, 0.29) is 13.2 Å². The van der Waals surface area contributed by atoms with Gasteiger partial charge in [0.1, 0.15) is 0 Å². The molecular formula is C19H36O5. The predicted octanol–water partition coefficient (Wildman–Crippen LogP) is 4.01. The zero-order valence-corrected chi connectivity index (χ0v) is 15.6. The van der Waals surface area contributed by atoms with Gasteiger partial charge in [-0.2, -0.15) is 0 Å². The molecule has 0 aromatic heterocycles. The molecule has 142 valence electrons. The lowest BCUT2D eigenvalue weighted by Crippen LogP contribution is -2.28. The quantitative estimate of drug-likeness (QED) is 0.260. The molecule has 24 heavy (non-hydrogen) atoms. The predicted molar refractivity (Wildman–Crippen MR) is 94.6 cm³/mol. The molecule has 0 bridgehead atoms. The molecule has 0 aromatic rings. The summed E-state index contributed by atoms with van der Waals surface area (Å²) in [6.45, 7) is 4.35. The monoisotopic (exact) mass is 344 g/mol. The number of aliphatic hydroxyl groups is 1. The number of aliphatic hydroxyl groups excluding tert-OH is 1. The average Bonchev–Trinajstić information content (AvgIpc) is 2.56. The minimum Gasteiger partial charge on any atom is -0.465 e. The van der Waals surface area contributed by atoms with Crippen LogP contribution in [-0.4, -0.2) is 36.9 Å². The van der Waals surface area contributed by atoms with Gasteiger partial charge in [0.05, 0.1) is 13.2 Å². The first kappa shape index (κ1) is 22.9. The largest absolute Gasteiger partial charge is 0.465 e. The van der Waals surface area contributed by atoms with Crippen molar-refractivity contribution in [2.75, 3.05) is 19.8 Å². The van der Waals surface area contributed by atoms with Gasteiger partial charge in [0.2, 0.25) is 0 Å². The van der Waals surface area contributed by atoms with E-state index in [1.54, 1.807) is 13.8 Å². The fourth-order valence-electron chi connectivity index (χ4n) is 2.69. The van der Waals surface area contributed by atoms with Gasteiger partial charge < -0.3 is 14.6 Å². The number of unbranched alkanes of at least 4 members (excludes halogenated alkanes) is 9. The highest BCUT2D eigenvalue weighted by molar-refractivity contribution is 5.94. The number of hydrogen-bond acceptors (Lipinski definition) is 5. The number of hydrogen-bond donors (Lipinski definition) is 1. The van der Waals surface area contributed by atoms with Crippen LogP contribution in [0.25, 0.3) is 0 Å². The Morgan fingerprint density at radius 1 is 0.708 bits per heavy atom. The molecule has 0 aliphatic heterocycles. The SMILES string of the molecule is CCOC(=O)C(CCCCCCCCCCCCO)C(=O)OCC. The molecule has 0 rings (SSSR count). The zero-order valence-electron chi connectivity index (χ0n) is 15.6. The van der Waals surface area contributed by atoms with E-state index >= 15 is 0 Å². The van der Waals surface area contributed by atoms with E-state index in [2.05, 4.69) is 0 Å². The molecule has 0 saturated heterocycles. The Hall–Kier alpha value is -1.10. The molecule has 1 N–H and O–H groups in total. The van der Waals surface area contributed by atoms with Crippen LogP contribution in [0.2, 0.25) is 0 Å². The number of esters is 2. The van der Waals surface area contributed by atoms with Gasteiger partial charge in [-0.05, 0) is 26.7 Å². The van der Waals surface area contributed by atoms with Crippen LogP contribution >= 0.6 is 0 Å². The Labute approximate surface area is 147 Å². The normalized spacial score (nSPS) is 10.8. The smallest absolute Gasteiger partial charge is 0.320 e. The van der Waals surface area contributed by atoms with Crippen molar-refractivity contribution in [2.45, 2.75) is 84.5 Å². The van der Waals surface area contributed by atoms with Crippen LogP contribution < -0.4 is 0 Å². The lowest BCUT2D eigenvalue weighted by atomic mass is 10.00. The second kappa shape index (κ2) is 16.7. The van der Waals surface area contributed by atoms with Gasteiger partial charge in [0.25, 0.3) is 0 Å². The molecule has 0 aromatic carbocycles. The van der Waals surface area contributed by atoms with Crippen molar-refractivity contribution in [1.29, 1.82) is 0 Å². The molecule has 0 fully saturated rings. The van der Waals surface area contributed by atoms with Crippen molar-refractivity contribution in [3.8, 4) is 0 Å². The molecule has 0 aliphatic carbocycles. The highest BCUT2D eigenvalue weighted by atomic mass is 16.6. The molecule has 5 heteroatoms. The van der Waals surface area contributed by atoms with E-state index in [1.807, 2.05) is 0 Å². The van der Waals surface area contributed by atoms with E-state index in [9.17, 15) is 9.59 Å². The van der Waals surface area contributed by atoms with E-state index in [1.165, 1.54) is 32.1 Å². The van der Waals surface area contributed by atoms with Crippen LogP contribution in [-0.2, 0) is 19.1 Å². The first-order valence-electron chi connectivity index (χ1n) is 9.61. The van der Waals surface area contributed by atoms with E-state index in [0.29, 0.717) is 13.0 Å². The van der Waals surface area contributed by atoms with E-state index in [0.717, 1.165) is 32.1 Å². The fourth-order valence-corrected chi connectivity index (χ4v) is 2.69. The van der Waals surface area contributed by atoms with Gasteiger partial charge in [0, 0.05) is 6.61 Å². The maximum Gasteiger partial charge on any atom is 0.320 e. The zero-order chi connectivity index (χ0) is 18.0. The second-order valence-electron chi connectivity index (χ2n) is 6.10. The number of carbonyl (C=O) groups is 2. The van der Waals surface area contributed by atoms with Crippen LogP contribution in [0.1, 0.15) is 84.5 Å². The summed E-state index contributed by atoms with van der Waals surface area (Å²) in [7, 11) is 0. The minimum atomic E-state index is -0.767. The Kier molecular flexibility index (Phi) is 16.0. The fraction of sp³-hybridized carbons (Fsp3) is 0.895. The lowest BCUT2D eigenvalue weighted by Gasteiger charge is -2.14. The molecule has 0 heterocycles. The number of rotatable bonds is 16. The maximum absolute atomic E-state index is 11.8. The summed E-state index contributed by atoms with van der Waals surface area (Å²) in [5.74, 6) is -1.69. The number of ether oxygens (including phenoxy) is 2. The van der Waals surface area contributed by atoms with Crippen LogP contribution in [0.3, 0.4) is 0 Å². The summed E-state index contributed by atoms with van der Waals surface area (Å²) in [6.07, 6.45) is 11.7. The van der Waals surface area contributed by atoms with Gasteiger partial charge in [-0.15, -0.1) is 0 Å².